The van der Waals surface area contributed by atoms with Crippen LogP contribution in [0, 0.1) is 0 Å². The van der Waals surface area contributed by atoms with E-state index in [1.54, 1.807) is 12.3 Å². The normalized spacial score (nSPS) is 11.8. The number of nitrogens with one attached hydrogen (secondary N) is 2. The van der Waals surface area contributed by atoms with Gasteiger partial charge in [-0.15, -0.1) is 0 Å². The number of aromatic nitrogens is 5. The molecule has 0 saturated carbocycles. The summed E-state index contributed by atoms with van der Waals surface area (Å²) in [4.78, 5) is 16.5. The van der Waals surface area contributed by atoms with Crippen LogP contribution in [0.25, 0.3) is 16.9 Å². The number of carbonyl (C=O) groups excluding carboxylic acids is 1. The van der Waals surface area contributed by atoms with Gasteiger partial charge in [-0.1, -0.05) is 0 Å². The first-order valence-electron chi connectivity index (χ1n) is 8.69. The molecule has 1 aromatic carbocycles. The standard InChI is InChI=1S/C18H11F5N6O2S/c19-17(20)31-13-3-2-9(32-18(21,22)23)6-10(13)14-12(8-25-28-14)27-16(30)11-7-26-29-5-1-4-24-15(11)29/h1-8,17H,(H,25,28)(H,27,30). The van der Waals surface area contributed by atoms with E-state index in [2.05, 4.69) is 30.3 Å². The Hall–Kier alpha value is -3.68. The van der Waals surface area contributed by atoms with Crippen LogP contribution in [0.3, 0.4) is 0 Å². The Labute approximate surface area is 179 Å². The van der Waals surface area contributed by atoms with Crippen molar-refractivity contribution in [3.63, 3.8) is 0 Å². The summed E-state index contributed by atoms with van der Waals surface area (Å²) in [5.74, 6) is -1.04. The van der Waals surface area contributed by atoms with Gasteiger partial charge in [0.15, 0.2) is 5.65 Å². The number of halogens is 5. The number of aromatic amines is 1. The average molecular weight is 470 g/mol. The molecule has 3 heterocycles. The fraction of sp³-hybridized carbons (Fsp3) is 0.111. The number of nitrogens with zero attached hydrogens (tertiary/aromatic N) is 4. The van der Waals surface area contributed by atoms with Crippen LogP contribution in [0.1, 0.15) is 10.4 Å². The second-order valence-electron chi connectivity index (χ2n) is 6.14. The van der Waals surface area contributed by atoms with Crippen LogP contribution in [-0.2, 0) is 0 Å². The van der Waals surface area contributed by atoms with Gasteiger partial charge in [0.05, 0.1) is 23.8 Å². The van der Waals surface area contributed by atoms with E-state index in [0.717, 1.165) is 18.2 Å². The molecule has 0 aliphatic heterocycles. The van der Waals surface area contributed by atoms with Crippen molar-refractivity contribution in [2.75, 3.05) is 5.32 Å². The SMILES string of the molecule is O=C(Nc1cn[nH]c1-c1cc(SC(F)(F)F)ccc1OC(F)F)c1cnn2cccnc12. The first-order valence-corrected chi connectivity index (χ1v) is 9.51. The number of alkyl halides is 5. The van der Waals surface area contributed by atoms with Crippen molar-refractivity contribution in [2.24, 2.45) is 0 Å². The second-order valence-corrected chi connectivity index (χ2v) is 7.28. The maximum atomic E-state index is 12.8. The predicted octanol–water partition coefficient (Wildman–Crippen LogP) is 4.59. The summed E-state index contributed by atoms with van der Waals surface area (Å²) in [6.07, 6.45) is 5.51. The van der Waals surface area contributed by atoms with E-state index < -0.39 is 35.5 Å². The zero-order chi connectivity index (χ0) is 22.9. The van der Waals surface area contributed by atoms with Crippen LogP contribution >= 0.6 is 11.8 Å². The van der Waals surface area contributed by atoms with E-state index >= 15 is 0 Å². The van der Waals surface area contributed by atoms with E-state index in [4.69, 9.17) is 0 Å². The van der Waals surface area contributed by atoms with Gasteiger partial charge in [-0.2, -0.15) is 32.1 Å². The first-order chi connectivity index (χ1) is 15.2. The fourth-order valence-corrected chi connectivity index (χ4v) is 3.44. The Morgan fingerprint density at radius 3 is 2.81 bits per heavy atom. The van der Waals surface area contributed by atoms with Crippen LogP contribution in [0.2, 0.25) is 0 Å². The molecule has 2 N–H and O–H groups in total. The Morgan fingerprint density at radius 1 is 1.25 bits per heavy atom. The summed E-state index contributed by atoms with van der Waals surface area (Å²) in [6, 6.07) is 4.61. The van der Waals surface area contributed by atoms with Gasteiger partial charge < -0.3 is 10.1 Å². The van der Waals surface area contributed by atoms with Crippen molar-refractivity contribution < 1.29 is 31.5 Å². The van der Waals surface area contributed by atoms with Crippen LogP contribution < -0.4 is 10.1 Å². The van der Waals surface area contributed by atoms with Crippen molar-refractivity contribution in [1.29, 1.82) is 0 Å². The third-order valence-corrected chi connectivity index (χ3v) is 4.80. The van der Waals surface area contributed by atoms with Crippen LogP contribution in [0.15, 0.2) is 53.9 Å². The maximum Gasteiger partial charge on any atom is 0.446 e. The number of benzene rings is 1. The van der Waals surface area contributed by atoms with E-state index in [0.29, 0.717) is 0 Å². The molecule has 0 aliphatic carbocycles. The number of anilines is 1. The monoisotopic (exact) mass is 470 g/mol. The molecule has 32 heavy (non-hydrogen) atoms. The van der Waals surface area contributed by atoms with Crippen LogP contribution in [0.4, 0.5) is 27.6 Å². The molecule has 4 rings (SSSR count). The lowest BCUT2D eigenvalue weighted by molar-refractivity contribution is -0.0495. The average Bonchev–Trinajstić information content (AvgIpc) is 3.34. The molecule has 14 heteroatoms. The van der Waals surface area contributed by atoms with Gasteiger partial charge in [-0.3, -0.25) is 9.89 Å². The minimum Gasteiger partial charge on any atom is -0.434 e. The number of fused-ring (bicyclic) bond motifs is 1. The quantitative estimate of drug-likeness (QED) is 0.316. The van der Waals surface area contributed by atoms with Crippen LogP contribution in [-0.4, -0.2) is 42.8 Å². The molecule has 3 aromatic heterocycles. The highest BCUT2D eigenvalue weighted by Gasteiger charge is 2.30. The largest absolute Gasteiger partial charge is 0.446 e. The Morgan fingerprint density at radius 2 is 2.06 bits per heavy atom. The minimum absolute atomic E-state index is 0.0249. The fourth-order valence-electron chi connectivity index (χ4n) is 2.86. The van der Waals surface area contributed by atoms with E-state index in [-0.39, 0.29) is 33.1 Å². The summed E-state index contributed by atoms with van der Waals surface area (Å²) in [7, 11) is 0. The summed E-state index contributed by atoms with van der Waals surface area (Å²) in [5, 5.41) is 12.8. The Balaban J connectivity index is 1.70. The number of carbonyl (C=O) groups is 1. The van der Waals surface area contributed by atoms with E-state index in [9.17, 15) is 26.7 Å². The highest BCUT2D eigenvalue weighted by molar-refractivity contribution is 8.00. The molecule has 0 saturated heterocycles. The Bertz CT molecular complexity index is 1270. The maximum absolute atomic E-state index is 12.8. The number of thioether (sulfide) groups is 1. The molecule has 0 unspecified atom stereocenters. The highest BCUT2D eigenvalue weighted by Crippen LogP contribution is 2.42. The van der Waals surface area contributed by atoms with Crippen molar-refractivity contribution in [3.05, 3.63) is 54.6 Å². The molecule has 166 valence electrons. The third-order valence-electron chi connectivity index (χ3n) is 4.08. The zero-order valence-electron chi connectivity index (χ0n) is 15.6. The lowest BCUT2D eigenvalue weighted by atomic mass is 10.1. The lowest BCUT2D eigenvalue weighted by Gasteiger charge is -2.14. The number of hydrogen-bond donors (Lipinski definition) is 2. The smallest absolute Gasteiger partial charge is 0.434 e. The van der Waals surface area contributed by atoms with Gasteiger partial charge >= 0.3 is 12.1 Å². The molecule has 0 bridgehead atoms. The minimum atomic E-state index is -4.59. The zero-order valence-corrected chi connectivity index (χ0v) is 16.4. The molecule has 4 aromatic rings. The molecule has 0 atom stereocenters. The van der Waals surface area contributed by atoms with Crippen molar-refractivity contribution in [1.82, 2.24) is 24.8 Å². The first kappa shape index (κ1) is 21.5. The molecule has 0 spiro atoms. The van der Waals surface area contributed by atoms with Crippen molar-refractivity contribution in [3.8, 4) is 17.0 Å². The third kappa shape index (κ3) is 4.64. The number of ether oxygens (including phenoxy) is 1. The van der Waals surface area contributed by atoms with Gasteiger partial charge in [0, 0.05) is 22.9 Å². The van der Waals surface area contributed by atoms with Crippen molar-refractivity contribution >= 4 is 29.0 Å². The topological polar surface area (TPSA) is 97.2 Å². The molecular weight excluding hydrogens is 459 g/mol. The number of H-pyrrole nitrogens is 1. The van der Waals surface area contributed by atoms with Gasteiger partial charge in [-0.25, -0.2) is 9.50 Å². The molecule has 1 amide bonds. The summed E-state index contributed by atoms with van der Waals surface area (Å²) >= 11 is -0.425. The lowest BCUT2D eigenvalue weighted by Crippen LogP contribution is -2.12. The highest BCUT2D eigenvalue weighted by atomic mass is 32.2. The van der Waals surface area contributed by atoms with Gasteiger partial charge in [0.1, 0.15) is 11.3 Å². The van der Waals surface area contributed by atoms with E-state index in [1.165, 1.54) is 23.1 Å². The van der Waals surface area contributed by atoms with Crippen LogP contribution in [0.5, 0.6) is 5.75 Å². The molecular formula is C18H11F5N6O2S. The summed E-state index contributed by atoms with van der Waals surface area (Å²) < 4.78 is 69.8. The molecule has 0 aliphatic rings. The molecule has 8 nitrogen and oxygen atoms in total. The van der Waals surface area contributed by atoms with E-state index in [1.807, 2.05) is 0 Å². The summed E-state index contributed by atoms with van der Waals surface area (Å²) in [5.41, 5.74) is -4.36. The molecule has 0 fully saturated rings. The van der Waals surface area contributed by atoms with Gasteiger partial charge in [0.2, 0.25) is 0 Å². The molecule has 0 radical (unpaired) electrons. The van der Waals surface area contributed by atoms with Crippen molar-refractivity contribution in [2.45, 2.75) is 17.0 Å². The Kier molecular flexibility index (Phi) is 5.69. The van der Waals surface area contributed by atoms with Gasteiger partial charge in [-0.05, 0) is 36.0 Å². The predicted molar refractivity (Wildman–Crippen MR) is 104 cm³/mol. The summed E-state index contributed by atoms with van der Waals surface area (Å²) in [6.45, 7) is -3.22. The second kappa shape index (κ2) is 8.45. The van der Waals surface area contributed by atoms with Gasteiger partial charge in [0.25, 0.3) is 5.91 Å². The number of hydrogen-bond acceptors (Lipinski definition) is 6. The number of rotatable bonds is 6. The number of amides is 1.